The molecule has 210 valence electrons. The van der Waals surface area contributed by atoms with Crippen LogP contribution in [0.3, 0.4) is 0 Å². The SMILES string of the molecule is CC(=O)OC[C@H]1O[C@@H](OC[C@H]2O[C@@H](OCCI)[C@H](OC(C)=O)[C@@H]2OC(C)=O)[C@H](OC(C)=O)[C@@H]1OC(C)=O. The number of carbonyl (C=O) groups is 5. The van der Waals surface area contributed by atoms with Gasteiger partial charge in [0.15, 0.2) is 37.0 Å². The summed E-state index contributed by atoms with van der Waals surface area (Å²) in [5.41, 5.74) is 0. The molecule has 0 amide bonds. The van der Waals surface area contributed by atoms with Gasteiger partial charge in [-0.25, -0.2) is 0 Å². The Labute approximate surface area is 226 Å². The van der Waals surface area contributed by atoms with Crippen LogP contribution >= 0.6 is 22.6 Å². The smallest absolute Gasteiger partial charge is 0.303 e. The molecule has 0 N–H and O–H groups in total. The summed E-state index contributed by atoms with van der Waals surface area (Å²) in [7, 11) is 0. The highest BCUT2D eigenvalue weighted by atomic mass is 127. The lowest BCUT2D eigenvalue weighted by molar-refractivity contribution is -0.213. The summed E-state index contributed by atoms with van der Waals surface area (Å²) in [4.78, 5) is 58.2. The van der Waals surface area contributed by atoms with E-state index in [4.69, 9.17) is 42.6 Å². The minimum absolute atomic E-state index is 0.269. The van der Waals surface area contributed by atoms with Crippen molar-refractivity contribution in [2.24, 2.45) is 0 Å². The molecule has 2 aliphatic heterocycles. The van der Waals surface area contributed by atoms with E-state index >= 15 is 0 Å². The number of rotatable bonds is 12. The predicted octanol–water partition coefficient (Wildman–Crippen LogP) is 0.194. The first-order chi connectivity index (χ1) is 17.4. The third-order valence-electron chi connectivity index (χ3n) is 4.98. The second-order valence-corrected chi connectivity index (χ2v) is 9.16. The highest BCUT2D eigenvalue weighted by Crippen LogP contribution is 2.32. The van der Waals surface area contributed by atoms with Gasteiger partial charge in [-0.3, -0.25) is 24.0 Å². The fourth-order valence-electron chi connectivity index (χ4n) is 3.77. The molecule has 0 unspecified atom stereocenters. The largest absolute Gasteiger partial charge is 0.463 e. The summed E-state index contributed by atoms with van der Waals surface area (Å²) in [6.45, 7) is 5.54. The maximum absolute atomic E-state index is 11.8. The molecule has 2 heterocycles. The number of alkyl halides is 1. The number of hydrogen-bond acceptors (Lipinski definition) is 14. The van der Waals surface area contributed by atoms with Crippen molar-refractivity contribution in [3.8, 4) is 0 Å². The molecule has 0 aromatic carbocycles. The second kappa shape index (κ2) is 14.8. The molecule has 0 aliphatic carbocycles. The van der Waals surface area contributed by atoms with Gasteiger partial charge in [0.25, 0.3) is 0 Å². The second-order valence-electron chi connectivity index (χ2n) is 8.08. The third-order valence-corrected chi connectivity index (χ3v) is 5.42. The van der Waals surface area contributed by atoms with Crippen LogP contribution in [0, 0.1) is 0 Å². The minimum atomic E-state index is -1.28. The van der Waals surface area contributed by atoms with Crippen LogP contribution in [-0.2, 0) is 66.6 Å². The van der Waals surface area contributed by atoms with Gasteiger partial charge in [0.1, 0.15) is 18.8 Å². The fraction of sp³-hybridized carbons (Fsp3) is 0.773. The van der Waals surface area contributed by atoms with E-state index in [1.165, 1.54) is 20.8 Å². The van der Waals surface area contributed by atoms with Crippen molar-refractivity contribution in [1.82, 2.24) is 0 Å². The number of hydrogen-bond donors (Lipinski definition) is 0. The molecule has 37 heavy (non-hydrogen) atoms. The maximum atomic E-state index is 11.8. The lowest BCUT2D eigenvalue weighted by atomic mass is 10.1. The van der Waals surface area contributed by atoms with Crippen molar-refractivity contribution in [2.45, 2.75) is 83.8 Å². The van der Waals surface area contributed by atoms with E-state index < -0.39 is 79.1 Å². The molecule has 2 fully saturated rings. The van der Waals surface area contributed by atoms with E-state index in [1.54, 1.807) is 0 Å². The van der Waals surface area contributed by atoms with Gasteiger partial charge in [0.05, 0.1) is 13.2 Å². The Morgan fingerprint density at radius 3 is 1.41 bits per heavy atom. The molecule has 8 atom stereocenters. The zero-order valence-corrected chi connectivity index (χ0v) is 23.2. The van der Waals surface area contributed by atoms with Crippen LogP contribution < -0.4 is 0 Å². The molecule has 2 saturated heterocycles. The summed E-state index contributed by atoms with van der Waals surface area (Å²) in [5.74, 6) is -3.29. The maximum Gasteiger partial charge on any atom is 0.303 e. The average molecular weight is 646 g/mol. The van der Waals surface area contributed by atoms with Crippen molar-refractivity contribution in [2.75, 3.05) is 24.2 Å². The number of carbonyl (C=O) groups excluding carboxylic acids is 5. The van der Waals surface area contributed by atoms with Gasteiger partial charge in [-0.1, -0.05) is 22.6 Å². The summed E-state index contributed by atoms with van der Waals surface area (Å²) in [5, 5.41) is 0. The van der Waals surface area contributed by atoms with Gasteiger partial charge in [0, 0.05) is 39.0 Å². The summed E-state index contributed by atoms with van der Waals surface area (Å²) in [6.07, 6.45) is -8.84. The number of ether oxygens (including phenoxy) is 9. The fourth-order valence-corrected chi connectivity index (χ4v) is 4.03. The van der Waals surface area contributed by atoms with E-state index in [0.717, 1.165) is 13.8 Å². The zero-order chi connectivity index (χ0) is 27.7. The minimum Gasteiger partial charge on any atom is -0.463 e. The van der Waals surface area contributed by atoms with Crippen molar-refractivity contribution in [3.05, 3.63) is 0 Å². The molecule has 0 aromatic rings. The van der Waals surface area contributed by atoms with Gasteiger partial charge in [-0.05, 0) is 0 Å². The highest BCUT2D eigenvalue weighted by molar-refractivity contribution is 14.1. The van der Waals surface area contributed by atoms with E-state index in [9.17, 15) is 24.0 Å². The van der Waals surface area contributed by atoms with Gasteiger partial charge >= 0.3 is 29.8 Å². The first kappa shape index (κ1) is 31.1. The average Bonchev–Trinajstić information content (AvgIpc) is 3.25. The van der Waals surface area contributed by atoms with Crippen molar-refractivity contribution < 1.29 is 66.6 Å². The van der Waals surface area contributed by atoms with Gasteiger partial charge in [0.2, 0.25) is 0 Å². The summed E-state index contributed by atoms with van der Waals surface area (Å²) >= 11 is 2.09. The number of esters is 5. The van der Waals surface area contributed by atoms with Crippen LogP contribution in [0.5, 0.6) is 0 Å². The summed E-state index contributed by atoms with van der Waals surface area (Å²) < 4.78 is 49.9. The molecular formula is C22H31IO14. The van der Waals surface area contributed by atoms with E-state index in [1.807, 2.05) is 0 Å². The Kier molecular flexibility index (Phi) is 12.4. The van der Waals surface area contributed by atoms with Gasteiger partial charge in [-0.2, -0.15) is 0 Å². The quantitative estimate of drug-likeness (QED) is 0.122. The lowest BCUT2D eigenvalue weighted by Crippen LogP contribution is -2.44. The van der Waals surface area contributed by atoms with Gasteiger partial charge in [-0.15, -0.1) is 0 Å². The standard InChI is InChI=1S/C22H31IO14/c1-10(24)30-8-15-17(32-11(2)25)20(35-14(5)28)22(37-15)31-9-16-18(33-12(3)26)19(34-13(4)27)21(36-16)29-7-6-23/h15-22H,6-9H2,1-5H3/t15-,16-,17-,18-,19-,20-,21-,22-/m1/s1. The Balaban J connectivity index is 2.23. The van der Waals surface area contributed by atoms with Crippen molar-refractivity contribution in [1.29, 1.82) is 0 Å². The normalized spacial score (nSPS) is 30.9. The molecule has 0 spiro atoms. The topological polar surface area (TPSA) is 168 Å². The zero-order valence-electron chi connectivity index (χ0n) is 21.0. The summed E-state index contributed by atoms with van der Waals surface area (Å²) in [6, 6.07) is 0. The van der Waals surface area contributed by atoms with Crippen LogP contribution in [0.1, 0.15) is 34.6 Å². The van der Waals surface area contributed by atoms with Crippen LogP contribution in [0.2, 0.25) is 0 Å². The molecule has 0 aromatic heterocycles. The highest BCUT2D eigenvalue weighted by Gasteiger charge is 2.53. The molecular weight excluding hydrogens is 615 g/mol. The Morgan fingerprint density at radius 2 is 1.00 bits per heavy atom. The van der Waals surface area contributed by atoms with E-state index in [0.29, 0.717) is 4.43 Å². The van der Waals surface area contributed by atoms with Crippen LogP contribution in [-0.4, -0.2) is 103 Å². The molecule has 2 aliphatic rings. The molecule has 0 saturated carbocycles. The van der Waals surface area contributed by atoms with E-state index in [-0.39, 0.29) is 19.8 Å². The molecule has 0 bridgehead atoms. The molecule has 15 heteroatoms. The van der Waals surface area contributed by atoms with E-state index in [2.05, 4.69) is 22.6 Å². The van der Waals surface area contributed by atoms with Crippen LogP contribution in [0.15, 0.2) is 0 Å². The van der Waals surface area contributed by atoms with Crippen LogP contribution in [0.25, 0.3) is 0 Å². The van der Waals surface area contributed by atoms with Crippen molar-refractivity contribution in [3.63, 3.8) is 0 Å². The van der Waals surface area contributed by atoms with Crippen molar-refractivity contribution >= 4 is 52.4 Å². The Bertz CT molecular complexity index is 834. The monoisotopic (exact) mass is 646 g/mol. The van der Waals surface area contributed by atoms with Crippen LogP contribution in [0.4, 0.5) is 0 Å². The van der Waals surface area contributed by atoms with Gasteiger partial charge < -0.3 is 42.6 Å². The molecule has 2 rings (SSSR count). The predicted molar refractivity (Wildman–Crippen MR) is 127 cm³/mol. The molecule has 0 radical (unpaired) electrons. The molecule has 14 nitrogen and oxygen atoms in total. The number of halogens is 1. The third kappa shape index (κ3) is 9.63. The first-order valence-corrected chi connectivity index (χ1v) is 12.9. The first-order valence-electron chi connectivity index (χ1n) is 11.3. The Morgan fingerprint density at radius 1 is 0.595 bits per heavy atom. The Hall–Kier alpha value is -2.08. The lowest BCUT2D eigenvalue weighted by Gasteiger charge is -2.25.